The summed E-state index contributed by atoms with van der Waals surface area (Å²) in [7, 11) is 0. The minimum absolute atomic E-state index is 0.123. The molecule has 3 heteroatoms. The fourth-order valence-electron chi connectivity index (χ4n) is 2.65. The number of hydrogen-bond donors (Lipinski definition) is 1. The van der Waals surface area contributed by atoms with Crippen molar-refractivity contribution in [3.05, 3.63) is 24.2 Å². The van der Waals surface area contributed by atoms with Crippen molar-refractivity contribution in [2.75, 3.05) is 13.1 Å². The second-order valence-corrected chi connectivity index (χ2v) is 4.98. The maximum atomic E-state index is 6.09. The van der Waals surface area contributed by atoms with Crippen LogP contribution in [0.5, 0.6) is 0 Å². The molecule has 1 unspecified atom stereocenters. The zero-order valence-electron chi connectivity index (χ0n) is 12.1. The predicted molar refractivity (Wildman–Crippen MR) is 76.4 cm³/mol. The van der Waals surface area contributed by atoms with Crippen molar-refractivity contribution in [3.63, 3.8) is 0 Å². The zero-order chi connectivity index (χ0) is 13.4. The van der Waals surface area contributed by atoms with Gasteiger partial charge in [-0.15, -0.1) is 0 Å². The van der Waals surface area contributed by atoms with Crippen LogP contribution in [0, 0.1) is 0 Å². The average molecular weight is 252 g/mol. The summed E-state index contributed by atoms with van der Waals surface area (Å²) in [4.78, 5) is 2.47. The average Bonchev–Trinajstić information content (AvgIpc) is 2.91. The molecule has 0 amide bonds. The van der Waals surface area contributed by atoms with E-state index in [1.807, 2.05) is 12.1 Å². The summed E-state index contributed by atoms with van der Waals surface area (Å²) in [5.41, 5.74) is 6.21. The zero-order valence-corrected chi connectivity index (χ0v) is 12.1. The molecule has 1 rings (SSSR count). The fourth-order valence-corrected chi connectivity index (χ4v) is 2.65. The van der Waals surface area contributed by atoms with Crippen molar-refractivity contribution < 1.29 is 4.42 Å². The minimum Gasteiger partial charge on any atom is -0.468 e. The summed E-state index contributed by atoms with van der Waals surface area (Å²) in [5, 5.41) is 0. The van der Waals surface area contributed by atoms with Gasteiger partial charge in [0.15, 0.2) is 0 Å². The molecule has 0 saturated heterocycles. The molecule has 0 aromatic carbocycles. The molecule has 18 heavy (non-hydrogen) atoms. The Morgan fingerprint density at radius 2 is 2.11 bits per heavy atom. The van der Waals surface area contributed by atoms with Crippen molar-refractivity contribution in [2.45, 2.75) is 58.5 Å². The summed E-state index contributed by atoms with van der Waals surface area (Å²) in [5.74, 6) is 1.03. The molecule has 3 nitrogen and oxygen atoms in total. The van der Waals surface area contributed by atoms with Crippen molar-refractivity contribution in [1.82, 2.24) is 4.90 Å². The van der Waals surface area contributed by atoms with Crippen molar-refractivity contribution in [3.8, 4) is 0 Å². The molecule has 1 aromatic rings. The normalized spacial score (nSPS) is 14.9. The molecule has 0 spiro atoms. The Balaban J connectivity index is 2.78. The van der Waals surface area contributed by atoms with Crippen LogP contribution in [0.3, 0.4) is 0 Å². The van der Waals surface area contributed by atoms with Crippen LogP contribution in [0.1, 0.15) is 52.2 Å². The standard InChI is InChI=1S/C15H28N2O/c1-4-7-10-15(5-2,13-16)17(6-3)12-14-9-8-11-18-14/h8-9,11H,4-7,10,12-13,16H2,1-3H3. The van der Waals surface area contributed by atoms with Crippen LogP contribution in [0.2, 0.25) is 0 Å². The molecule has 1 atom stereocenters. The lowest BCUT2D eigenvalue weighted by atomic mass is 9.87. The van der Waals surface area contributed by atoms with E-state index in [-0.39, 0.29) is 5.54 Å². The van der Waals surface area contributed by atoms with Gasteiger partial charge in [-0.05, 0) is 31.5 Å². The lowest BCUT2D eigenvalue weighted by Gasteiger charge is -2.42. The van der Waals surface area contributed by atoms with Crippen LogP contribution >= 0.6 is 0 Å². The van der Waals surface area contributed by atoms with Crippen molar-refractivity contribution in [1.29, 1.82) is 0 Å². The van der Waals surface area contributed by atoms with E-state index in [2.05, 4.69) is 25.7 Å². The Hall–Kier alpha value is -0.800. The minimum atomic E-state index is 0.123. The first-order valence-corrected chi connectivity index (χ1v) is 7.20. The SMILES string of the molecule is CCCCC(CC)(CN)N(CC)Cc1ccco1. The maximum Gasteiger partial charge on any atom is 0.117 e. The van der Waals surface area contributed by atoms with Gasteiger partial charge in [0.05, 0.1) is 12.8 Å². The summed E-state index contributed by atoms with van der Waals surface area (Å²) < 4.78 is 5.47. The Kier molecular flexibility index (Phi) is 6.44. The highest BCUT2D eigenvalue weighted by Crippen LogP contribution is 2.27. The number of furan rings is 1. The molecular formula is C15H28N2O. The van der Waals surface area contributed by atoms with Crippen LogP contribution in [0.4, 0.5) is 0 Å². The van der Waals surface area contributed by atoms with Crippen molar-refractivity contribution in [2.24, 2.45) is 5.73 Å². The number of nitrogens with zero attached hydrogens (tertiary/aromatic N) is 1. The lowest BCUT2D eigenvalue weighted by molar-refractivity contribution is 0.0690. The molecule has 1 aromatic heterocycles. The molecule has 0 aliphatic rings. The van der Waals surface area contributed by atoms with E-state index in [4.69, 9.17) is 10.2 Å². The van der Waals surface area contributed by atoms with Crippen LogP contribution in [0.15, 0.2) is 22.8 Å². The highest BCUT2D eigenvalue weighted by molar-refractivity contribution is 5.01. The molecule has 0 bridgehead atoms. The number of nitrogens with two attached hydrogens (primary N) is 1. The highest BCUT2D eigenvalue weighted by atomic mass is 16.3. The summed E-state index contributed by atoms with van der Waals surface area (Å²) >= 11 is 0. The molecule has 0 saturated carbocycles. The van der Waals surface area contributed by atoms with Gasteiger partial charge in [0, 0.05) is 12.1 Å². The van der Waals surface area contributed by atoms with Gasteiger partial charge in [0.1, 0.15) is 5.76 Å². The monoisotopic (exact) mass is 252 g/mol. The largest absolute Gasteiger partial charge is 0.468 e. The first-order chi connectivity index (χ1) is 8.72. The van der Waals surface area contributed by atoms with Gasteiger partial charge in [-0.3, -0.25) is 4.90 Å². The van der Waals surface area contributed by atoms with Gasteiger partial charge in [0.25, 0.3) is 0 Å². The predicted octanol–water partition coefficient (Wildman–Crippen LogP) is 3.40. The second kappa shape index (κ2) is 7.59. The van der Waals surface area contributed by atoms with E-state index >= 15 is 0 Å². The molecule has 104 valence electrons. The van der Waals surface area contributed by atoms with Gasteiger partial charge in [-0.2, -0.15) is 0 Å². The van der Waals surface area contributed by atoms with E-state index in [1.54, 1.807) is 6.26 Å². The van der Waals surface area contributed by atoms with E-state index < -0.39 is 0 Å². The van der Waals surface area contributed by atoms with Gasteiger partial charge < -0.3 is 10.2 Å². The smallest absolute Gasteiger partial charge is 0.117 e. The van der Waals surface area contributed by atoms with Crippen LogP contribution in [0.25, 0.3) is 0 Å². The van der Waals surface area contributed by atoms with Gasteiger partial charge >= 0.3 is 0 Å². The summed E-state index contributed by atoms with van der Waals surface area (Å²) in [6, 6.07) is 3.99. The Labute approximate surface area is 111 Å². The van der Waals surface area contributed by atoms with Crippen molar-refractivity contribution >= 4 is 0 Å². The Morgan fingerprint density at radius 3 is 2.56 bits per heavy atom. The third-order valence-electron chi connectivity index (χ3n) is 4.01. The Morgan fingerprint density at radius 1 is 1.33 bits per heavy atom. The van der Waals surface area contributed by atoms with E-state index in [1.165, 1.54) is 19.3 Å². The molecule has 0 aliphatic carbocycles. The van der Waals surface area contributed by atoms with Gasteiger partial charge in [-0.1, -0.05) is 33.6 Å². The topological polar surface area (TPSA) is 42.4 Å². The quantitative estimate of drug-likeness (QED) is 0.732. The fraction of sp³-hybridized carbons (Fsp3) is 0.733. The number of rotatable bonds is 9. The first-order valence-electron chi connectivity index (χ1n) is 7.20. The van der Waals surface area contributed by atoms with Gasteiger partial charge in [-0.25, -0.2) is 0 Å². The Bertz CT molecular complexity index is 304. The molecule has 2 N–H and O–H groups in total. The van der Waals surface area contributed by atoms with Crippen LogP contribution < -0.4 is 5.73 Å². The van der Waals surface area contributed by atoms with Crippen LogP contribution in [-0.2, 0) is 6.54 Å². The molecule has 0 aliphatic heterocycles. The second-order valence-electron chi connectivity index (χ2n) is 4.98. The summed E-state index contributed by atoms with van der Waals surface area (Å²) in [6.07, 6.45) is 6.47. The number of likely N-dealkylation sites (N-methyl/N-ethyl adjacent to an activating group) is 1. The summed E-state index contributed by atoms with van der Waals surface area (Å²) in [6.45, 7) is 9.27. The molecule has 0 fully saturated rings. The van der Waals surface area contributed by atoms with Gasteiger partial charge in [0.2, 0.25) is 0 Å². The third-order valence-corrected chi connectivity index (χ3v) is 4.01. The molecule has 1 heterocycles. The number of unbranched alkanes of at least 4 members (excludes halogenated alkanes) is 1. The molecule has 0 radical (unpaired) electrons. The number of hydrogen-bond acceptors (Lipinski definition) is 3. The first kappa shape index (κ1) is 15.3. The molecular weight excluding hydrogens is 224 g/mol. The van der Waals surface area contributed by atoms with Crippen LogP contribution in [-0.4, -0.2) is 23.5 Å². The third kappa shape index (κ3) is 3.59. The van der Waals surface area contributed by atoms with E-state index in [0.29, 0.717) is 0 Å². The highest BCUT2D eigenvalue weighted by Gasteiger charge is 2.32. The van der Waals surface area contributed by atoms with E-state index in [0.717, 1.165) is 31.8 Å². The van der Waals surface area contributed by atoms with E-state index in [9.17, 15) is 0 Å². The lowest BCUT2D eigenvalue weighted by Crippen LogP contribution is -2.53. The maximum absolute atomic E-state index is 6.09.